The van der Waals surface area contributed by atoms with Gasteiger partial charge < -0.3 is 10.0 Å². The molecule has 1 fully saturated rings. The molecule has 6 nitrogen and oxygen atoms in total. The predicted molar refractivity (Wildman–Crippen MR) is 93.4 cm³/mol. The fourth-order valence-corrected chi connectivity index (χ4v) is 3.53. The van der Waals surface area contributed by atoms with Crippen molar-refractivity contribution in [2.45, 2.75) is 32.4 Å². The number of thiazole rings is 1. The van der Waals surface area contributed by atoms with Crippen LogP contribution in [0.25, 0.3) is 0 Å². The van der Waals surface area contributed by atoms with Gasteiger partial charge in [0, 0.05) is 24.0 Å². The van der Waals surface area contributed by atoms with Crippen molar-refractivity contribution in [2.75, 3.05) is 16.3 Å². The summed E-state index contributed by atoms with van der Waals surface area (Å²) in [6, 6.07) is 9.67. The van der Waals surface area contributed by atoms with Crippen LogP contribution in [0.4, 0.5) is 10.8 Å². The number of carbonyl (C=O) groups is 2. The lowest BCUT2D eigenvalue weighted by molar-refractivity contribution is -0.135. The Bertz CT molecular complexity index is 728. The number of anilines is 2. The molecule has 0 unspecified atom stereocenters. The molecule has 1 N–H and O–H groups in total. The van der Waals surface area contributed by atoms with Crippen molar-refractivity contribution in [3.05, 3.63) is 41.4 Å². The maximum atomic E-state index is 11.8. The molecule has 0 atom stereocenters. The highest BCUT2D eigenvalue weighted by Crippen LogP contribution is 2.34. The van der Waals surface area contributed by atoms with Gasteiger partial charge in [-0.1, -0.05) is 18.2 Å². The number of carbonyl (C=O) groups excluding carboxylic acids is 1. The van der Waals surface area contributed by atoms with Gasteiger partial charge in [0.25, 0.3) is 0 Å². The second kappa shape index (κ2) is 7.00. The van der Waals surface area contributed by atoms with E-state index in [1.807, 2.05) is 35.7 Å². The zero-order chi connectivity index (χ0) is 17.1. The molecule has 1 amide bonds. The lowest BCUT2D eigenvalue weighted by atomic mass is 10.2. The van der Waals surface area contributed by atoms with E-state index in [2.05, 4.69) is 4.98 Å². The molecule has 3 rings (SSSR count). The van der Waals surface area contributed by atoms with Crippen LogP contribution in [0.5, 0.6) is 0 Å². The van der Waals surface area contributed by atoms with Crippen LogP contribution < -0.4 is 9.80 Å². The quantitative estimate of drug-likeness (QED) is 0.835. The van der Waals surface area contributed by atoms with E-state index in [-0.39, 0.29) is 18.5 Å². The summed E-state index contributed by atoms with van der Waals surface area (Å²) >= 11 is 1.43. The Labute approximate surface area is 144 Å². The highest BCUT2D eigenvalue weighted by atomic mass is 32.1. The standard InChI is InChI=1S/C17H19N3O3S/c1-12(21)20(15-7-8-15)17-18-13(11-24-17)9-19(10-16(22)23)14-5-3-2-4-6-14/h2-6,11,15H,7-10H2,1H3,(H,22,23). The van der Waals surface area contributed by atoms with E-state index < -0.39 is 5.97 Å². The predicted octanol–water partition coefficient (Wildman–Crippen LogP) is 2.75. The van der Waals surface area contributed by atoms with E-state index in [4.69, 9.17) is 5.11 Å². The number of hydrogen-bond donors (Lipinski definition) is 1. The molecule has 1 aliphatic rings. The van der Waals surface area contributed by atoms with E-state index in [0.29, 0.717) is 11.7 Å². The first-order valence-corrected chi connectivity index (χ1v) is 8.68. The maximum Gasteiger partial charge on any atom is 0.323 e. The largest absolute Gasteiger partial charge is 0.480 e. The second-order valence-electron chi connectivity index (χ2n) is 5.83. The van der Waals surface area contributed by atoms with Crippen LogP contribution in [0.15, 0.2) is 35.7 Å². The van der Waals surface area contributed by atoms with Crippen molar-refractivity contribution >= 4 is 34.0 Å². The van der Waals surface area contributed by atoms with Crippen LogP contribution in [0.2, 0.25) is 0 Å². The first-order chi connectivity index (χ1) is 11.5. The summed E-state index contributed by atoms with van der Waals surface area (Å²) < 4.78 is 0. The second-order valence-corrected chi connectivity index (χ2v) is 6.66. The number of para-hydroxylation sites is 1. The molecule has 0 aliphatic heterocycles. The molecule has 2 aromatic rings. The number of nitrogens with zero attached hydrogens (tertiary/aromatic N) is 3. The average molecular weight is 345 g/mol. The van der Waals surface area contributed by atoms with Gasteiger partial charge in [-0.25, -0.2) is 4.98 Å². The molecule has 7 heteroatoms. The van der Waals surface area contributed by atoms with Crippen molar-refractivity contribution < 1.29 is 14.7 Å². The molecule has 1 heterocycles. The molecule has 126 valence electrons. The first kappa shape index (κ1) is 16.4. The molecule has 1 aromatic heterocycles. The molecule has 0 radical (unpaired) electrons. The van der Waals surface area contributed by atoms with Gasteiger partial charge in [0.15, 0.2) is 5.13 Å². The smallest absolute Gasteiger partial charge is 0.323 e. The Morgan fingerprint density at radius 2 is 2.00 bits per heavy atom. The topological polar surface area (TPSA) is 73.7 Å². The third kappa shape index (κ3) is 3.91. The van der Waals surface area contributed by atoms with E-state index in [1.54, 1.807) is 16.7 Å². The summed E-state index contributed by atoms with van der Waals surface area (Å²) in [5.74, 6) is -0.887. The summed E-state index contributed by atoms with van der Waals surface area (Å²) in [6.07, 6.45) is 2.04. The van der Waals surface area contributed by atoms with Crippen LogP contribution in [0.1, 0.15) is 25.5 Å². The van der Waals surface area contributed by atoms with E-state index >= 15 is 0 Å². The Morgan fingerprint density at radius 3 is 2.58 bits per heavy atom. The van der Waals surface area contributed by atoms with Crippen molar-refractivity contribution in [3.8, 4) is 0 Å². The zero-order valence-corrected chi connectivity index (χ0v) is 14.2. The van der Waals surface area contributed by atoms with Crippen LogP contribution in [-0.2, 0) is 16.1 Å². The Kier molecular flexibility index (Phi) is 4.80. The van der Waals surface area contributed by atoms with Gasteiger partial charge in [-0.3, -0.25) is 14.5 Å². The molecule has 0 spiro atoms. The highest BCUT2D eigenvalue weighted by Gasteiger charge is 2.33. The molecule has 0 saturated heterocycles. The summed E-state index contributed by atoms with van der Waals surface area (Å²) in [5.41, 5.74) is 1.60. The average Bonchev–Trinajstić information content (AvgIpc) is 3.26. The Balaban J connectivity index is 1.78. The number of amides is 1. The van der Waals surface area contributed by atoms with Crippen LogP contribution in [-0.4, -0.2) is 34.6 Å². The number of carboxylic acid groups (broad SMARTS) is 1. The maximum absolute atomic E-state index is 11.8. The zero-order valence-electron chi connectivity index (χ0n) is 13.4. The lowest BCUT2D eigenvalue weighted by Crippen LogP contribution is -2.31. The van der Waals surface area contributed by atoms with Gasteiger partial charge >= 0.3 is 5.97 Å². The van der Waals surface area contributed by atoms with Gasteiger partial charge in [0.1, 0.15) is 6.54 Å². The molecular formula is C17H19N3O3S. The molecule has 1 aromatic carbocycles. The third-order valence-corrected chi connectivity index (χ3v) is 4.69. The fourth-order valence-electron chi connectivity index (χ4n) is 2.60. The van der Waals surface area contributed by atoms with Crippen LogP contribution in [0, 0.1) is 0 Å². The van der Waals surface area contributed by atoms with E-state index in [0.717, 1.165) is 24.2 Å². The molecule has 24 heavy (non-hydrogen) atoms. The number of aliphatic carboxylic acids is 1. The van der Waals surface area contributed by atoms with Gasteiger partial charge in [0.05, 0.1) is 12.2 Å². The SMILES string of the molecule is CC(=O)N(c1nc(CN(CC(=O)O)c2ccccc2)cs1)C1CC1. The first-order valence-electron chi connectivity index (χ1n) is 7.80. The molecule has 0 bridgehead atoms. The summed E-state index contributed by atoms with van der Waals surface area (Å²) in [6.45, 7) is 1.85. The fraction of sp³-hybridized carbons (Fsp3) is 0.353. The minimum atomic E-state index is -0.891. The normalized spacial score (nSPS) is 13.5. The van der Waals surface area contributed by atoms with Crippen molar-refractivity contribution in [1.82, 2.24) is 4.98 Å². The molecular weight excluding hydrogens is 326 g/mol. The Hall–Kier alpha value is -2.41. The van der Waals surface area contributed by atoms with Crippen LogP contribution >= 0.6 is 11.3 Å². The number of aromatic nitrogens is 1. The molecule has 1 saturated carbocycles. The number of benzene rings is 1. The van der Waals surface area contributed by atoms with E-state index in [1.165, 1.54) is 11.3 Å². The van der Waals surface area contributed by atoms with Crippen molar-refractivity contribution in [2.24, 2.45) is 0 Å². The van der Waals surface area contributed by atoms with Crippen molar-refractivity contribution in [1.29, 1.82) is 0 Å². The lowest BCUT2D eigenvalue weighted by Gasteiger charge is -2.22. The summed E-state index contributed by atoms with van der Waals surface area (Å²) in [7, 11) is 0. The van der Waals surface area contributed by atoms with Gasteiger partial charge in [-0.15, -0.1) is 11.3 Å². The number of rotatable bonds is 7. The third-order valence-electron chi connectivity index (χ3n) is 3.80. The molecule has 1 aliphatic carbocycles. The summed E-state index contributed by atoms with van der Waals surface area (Å²) in [5, 5.41) is 11.7. The minimum absolute atomic E-state index is 0.00357. The number of carboxylic acids is 1. The number of hydrogen-bond acceptors (Lipinski definition) is 5. The van der Waals surface area contributed by atoms with E-state index in [9.17, 15) is 9.59 Å². The van der Waals surface area contributed by atoms with Gasteiger partial charge in [0.2, 0.25) is 5.91 Å². The highest BCUT2D eigenvalue weighted by molar-refractivity contribution is 7.14. The monoisotopic (exact) mass is 345 g/mol. The van der Waals surface area contributed by atoms with Gasteiger partial charge in [-0.2, -0.15) is 0 Å². The minimum Gasteiger partial charge on any atom is -0.480 e. The Morgan fingerprint density at radius 1 is 1.29 bits per heavy atom. The van der Waals surface area contributed by atoms with Gasteiger partial charge in [-0.05, 0) is 25.0 Å². The van der Waals surface area contributed by atoms with Crippen LogP contribution in [0.3, 0.4) is 0 Å². The van der Waals surface area contributed by atoms with Crippen molar-refractivity contribution in [3.63, 3.8) is 0 Å². The summed E-state index contributed by atoms with van der Waals surface area (Å²) in [4.78, 5) is 31.1.